The smallest absolute Gasteiger partial charge is 0.407 e. The molecule has 0 bridgehead atoms. The third-order valence-corrected chi connectivity index (χ3v) is 4.20. The first kappa shape index (κ1) is 19.6. The maximum absolute atomic E-state index is 11.8. The molecule has 5 heteroatoms. The second kappa shape index (κ2) is 8.56. The number of nitrogens with one attached hydrogen (secondary N) is 2. The highest BCUT2D eigenvalue weighted by atomic mass is 16.6. The molecule has 2 N–H and O–H groups in total. The number of ether oxygens (including phenoxy) is 2. The number of rotatable bonds is 7. The summed E-state index contributed by atoms with van der Waals surface area (Å²) < 4.78 is 10.9. The van der Waals surface area contributed by atoms with Crippen molar-refractivity contribution >= 4 is 6.09 Å². The van der Waals surface area contributed by atoms with Gasteiger partial charge in [-0.1, -0.05) is 19.1 Å². The van der Waals surface area contributed by atoms with E-state index in [0.29, 0.717) is 6.04 Å². The highest BCUT2D eigenvalue weighted by molar-refractivity contribution is 5.68. The van der Waals surface area contributed by atoms with Crippen molar-refractivity contribution in [1.29, 1.82) is 0 Å². The van der Waals surface area contributed by atoms with Gasteiger partial charge in [0.05, 0.1) is 6.61 Å². The van der Waals surface area contributed by atoms with Gasteiger partial charge in [0.1, 0.15) is 11.4 Å². The molecule has 1 aromatic rings. The lowest BCUT2D eigenvalue weighted by Crippen LogP contribution is -2.53. The lowest BCUT2D eigenvalue weighted by Gasteiger charge is -2.38. The molecule has 1 aliphatic rings. The second-order valence-corrected chi connectivity index (χ2v) is 7.82. The molecule has 0 aromatic heterocycles. The van der Waals surface area contributed by atoms with Gasteiger partial charge < -0.3 is 20.1 Å². The molecule has 1 atom stereocenters. The van der Waals surface area contributed by atoms with Crippen molar-refractivity contribution in [1.82, 2.24) is 10.6 Å². The van der Waals surface area contributed by atoms with Gasteiger partial charge in [-0.25, -0.2) is 4.79 Å². The number of benzene rings is 1. The van der Waals surface area contributed by atoms with Crippen LogP contribution >= 0.6 is 0 Å². The lowest BCUT2D eigenvalue weighted by atomic mass is 9.86. The number of hydrogen-bond donors (Lipinski definition) is 2. The molecule has 0 saturated heterocycles. The van der Waals surface area contributed by atoms with Gasteiger partial charge in [-0.3, -0.25) is 0 Å². The number of carbonyl (C=O) groups is 1. The Hall–Kier alpha value is -1.75. The summed E-state index contributed by atoms with van der Waals surface area (Å²) in [7, 11) is 0. The van der Waals surface area contributed by atoms with E-state index >= 15 is 0 Å². The Morgan fingerprint density at radius 2 is 1.84 bits per heavy atom. The molecular weight excluding hydrogens is 316 g/mol. The molecule has 0 radical (unpaired) electrons. The van der Waals surface area contributed by atoms with Crippen LogP contribution in [0, 0.1) is 0 Å². The minimum absolute atomic E-state index is 0.198. The van der Waals surface area contributed by atoms with Gasteiger partial charge >= 0.3 is 6.09 Å². The van der Waals surface area contributed by atoms with Crippen LogP contribution in [0.2, 0.25) is 0 Å². The van der Waals surface area contributed by atoms with Gasteiger partial charge in [-0.15, -0.1) is 0 Å². The molecule has 0 aliphatic heterocycles. The Kier molecular flexibility index (Phi) is 6.71. The Balaban J connectivity index is 1.70. The third-order valence-electron chi connectivity index (χ3n) is 4.20. The van der Waals surface area contributed by atoms with Crippen LogP contribution in [-0.2, 0) is 4.74 Å². The Morgan fingerprint density at radius 1 is 1.20 bits per heavy atom. The van der Waals surface area contributed by atoms with Crippen LogP contribution < -0.4 is 15.4 Å². The summed E-state index contributed by atoms with van der Waals surface area (Å²) in [5.74, 6) is 0.920. The van der Waals surface area contributed by atoms with Crippen LogP contribution in [0.15, 0.2) is 24.3 Å². The van der Waals surface area contributed by atoms with Crippen molar-refractivity contribution in [2.24, 2.45) is 0 Å². The van der Waals surface area contributed by atoms with Gasteiger partial charge in [0.2, 0.25) is 0 Å². The van der Waals surface area contributed by atoms with Gasteiger partial charge in [-0.2, -0.15) is 0 Å². The number of hydrogen-bond acceptors (Lipinski definition) is 4. The fourth-order valence-electron chi connectivity index (χ4n) is 2.87. The van der Waals surface area contributed by atoms with E-state index in [9.17, 15) is 4.79 Å². The topological polar surface area (TPSA) is 59.6 Å². The molecule has 1 aliphatic carbocycles. The molecule has 140 valence electrons. The Bertz CT molecular complexity index is 545. The molecular formula is C20H32N2O3. The third kappa shape index (κ3) is 6.58. The van der Waals surface area contributed by atoms with Crippen molar-refractivity contribution in [2.45, 2.75) is 77.6 Å². The van der Waals surface area contributed by atoms with E-state index in [-0.39, 0.29) is 18.2 Å². The maximum Gasteiger partial charge on any atom is 0.407 e. The van der Waals surface area contributed by atoms with Crippen LogP contribution in [0.3, 0.4) is 0 Å². The highest BCUT2D eigenvalue weighted by Crippen LogP contribution is 2.25. The van der Waals surface area contributed by atoms with E-state index in [1.807, 2.05) is 32.9 Å². The first-order chi connectivity index (χ1) is 11.8. The molecule has 1 amide bonds. The maximum atomic E-state index is 11.8. The molecule has 0 heterocycles. The zero-order valence-corrected chi connectivity index (χ0v) is 16.1. The standard InChI is InChI=1S/C20H32N2O3/c1-6-11-24-18-9-7-15(8-10-18)14(2)21-16-12-17(13-16)22-19(23)25-20(3,4)5/h7-10,14,16-17,21H,6,11-13H2,1-5H3,(H,22,23). The van der Waals surface area contributed by atoms with E-state index in [0.717, 1.165) is 31.6 Å². The van der Waals surface area contributed by atoms with E-state index in [4.69, 9.17) is 9.47 Å². The fraction of sp³-hybridized carbons (Fsp3) is 0.650. The molecule has 25 heavy (non-hydrogen) atoms. The van der Waals surface area contributed by atoms with E-state index in [2.05, 4.69) is 36.6 Å². The van der Waals surface area contributed by atoms with Crippen molar-refractivity contribution in [3.05, 3.63) is 29.8 Å². The quantitative estimate of drug-likeness (QED) is 0.776. The van der Waals surface area contributed by atoms with Gasteiger partial charge in [0.25, 0.3) is 0 Å². The van der Waals surface area contributed by atoms with Crippen LogP contribution in [0.25, 0.3) is 0 Å². The van der Waals surface area contributed by atoms with E-state index in [1.165, 1.54) is 5.56 Å². The average molecular weight is 348 g/mol. The zero-order valence-electron chi connectivity index (χ0n) is 16.1. The predicted molar refractivity (Wildman–Crippen MR) is 100.0 cm³/mol. The minimum Gasteiger partial charge on any atom is -0.494 e. The second-order valence-electron chi connectivity index (χ2n) is 7.82. The molecule has 1 unspecified atom stereocenters. The summed E-state index contributed by atoms with van der Waals surface area (Å²) in [6.45, 7) is 10.6. The largest absolute Gasteiger partial charge is 0.494 e. The summed E-state index contributed by atoms with van der Waals surface area (Å²) in [4.78, 5) is 11.8. The van der Waals surface area contributed by atoms with E-state index < -0.39 is 5.60 Å². The molecule has 1 fully saturated rings. The van der Waals surface area contributed by atoms with Crippen LogP contribution in [-0.4, -0.2) is 30.4 Å². The minimum atomic E-state index is -0.451. The first-order valence-electron chi connectivity index (χ1n) is 9.25. The lowest BCUT2D eigenvalue weighted by molar-refractivity contribution is 0.0463. The summed E-state index contributed by atoms with van der Waals surface area (Å²) in [6.07, 6.45) is 2.55. The SMILES string of the molecule is CCCOc1ccc(C(C)NC2CC(NC(=O)OC(C)(C)C)C2)cc1. The van der Waals surface area contributed by atoms with E-state index in [1.54, 1.807) is 0 Å². The van der Waals surface area contributed by atoms with Gasteiger partial charge in [0, 0.05) is 18.1 Å². The number of alkyl carbamates (subject to hydrolysis) is 1. The van der Waals surface area contributed by atoms with Crippen LogP contribution in [0.4, 0.5) is 4.79 Å². The molecule has 5 nitrogen and oxygen atoms in total. The first-order valence-corrected chi connectivity index (χ1v) is 9.25. The van der Waals surface area contributed by atoms with Crippen molar-refractivity contribution in [3.63, 3.8) is 0 Å². The Labute approximate surface area is 151 Å². The van der Waals surface area contributed by atoms with Gasteiger partial charge in [-0.05, 0) is 64.7 Å². The number of amides is 1. The monoisotopic (exact) mass is 348 g/mol. The van der Waals surface area contributed by atoms with Crippen molar-refractivity contribution in [3.8, 4) is 5.75 Å². The summed E-state index contributed by atoms with van der Waals surface area (Å²) in [5, 5.41) is 6.54. The van der Waals surface area contributed by atoms with Crippen molar-refractivity contribution < 1.29 is 14.3 Å². The molecule has 0 spiro atoms. The summed E-state index contributed by atoms with van der Waals surface area (Å²) >= 11 is 0. The molecule has 1 saturated carbocycles. The molecule has 1 aromatic carbocycles. The predicted octanol–water partition coefficient (Wildman–Crippen LogP) is 4.18. The zero-order chi connectivity index (χ0) is 18.4. The summed E-state index contributed by atoms with van der Waals surface area (Å²) in [6, 6.07) is 9.16. The average Bonchev–Trinajstić information content (AvgIpc) is 2.49. The molecule has 2 rings (SSSR count). The number of carbonyl (C=O) groups excluding carboxylic acids is 1. The fourth-order valence-corrected chi connectivity index (χ4v) is 2.87. The highest BCUT2D eigenvalue weighted by Gasteiger charge is 2.32. The van der Waals surface area contributed by atoms with Gasteiger partial charge in [0.15, 0.2) is 0 Å². The normalized spacial score (nSPS) is 21.2. The van der Waals surface area contributed by atoms with Crippen molar-refractivity contribution in [2.75, 3.05) is 6.61 Å². The van der Waals surface area contributed by atoms with Crippen LogP contribution in [0.5, 0.6) is 5.75 Å². The summed E-state index contributed by atoms with van der Waals surface area (Å²) in [5.41, 5.74) is 0.792. The Morgan fingerprint density at radius 3 is 2.40 bits per heavy atom. The van der Waals surface area contributed by atoms with Crippen LogP contribution in [0.1, 0.15) is 65.5 Å².